The molecule has 6 nitrogen and oxygen atoms in total. The Kier molecular flexibility index (Phi) is 5.39. The summed E-state index contributed by atoms with van der Waals surface area (Å²) in [5, 5.41) is 0. The summed E-state index contributed by atoms with van der Waals surface area (Å²) in [7, 11) is 1.66. The van der Waals surface area contributed by atoms with Gasteiger partial charge in [-0.2, -0.15) is 0 Å². The largest absolute Gasteiger partial charge is 0.444 e. The summed E-state index contributed by atoms with van der Waals surface area (Å²) in [6, 6.07) is 0. The fraction of sp³-hybridized carbons (Fsp3) is 0.864. The Hall–Kier alpha value is -1.11. The topological polar surface area (TPSA) is 57.2 Å². The molecule has 3 rings (SSSR count). The third-order valence-corrected chi connectivity index (χ3v) is 6.49. The van der Waals surface area contributed by atoms with Crippen molar-refractivity contribution in [2.75, 3.05) is 13.7 Å². The summed E-state index contributed by atoms with van der Waals surface area (Å²) in [4.78, 5) is 15.0. The van der Waals surface area contributed by atoms with Gasteiger partial charge in [0.1, 0.15) is 17.3 Å². The van der Waals surface area contributed by atoms with Gasteiger partial charge in [0.05, 0.1) is 18.2 Å². The van der Waals surface area contributed by atoms with E-state index >= 15 is 0 Å². The number of piperidine rings is 1. The summed E-state index contributed by atoms with van der Waals surface area (Å²) in [6.07, 6.45) is 6.54. The molecule has 4 atom stereocenters. The van der Waals surface area contributed by atoms with E-state index in [1.54, 1.807) is 7.11 Å². The predicted molar refractivity (Wildman–Crippen MR) is 107 cm³/mol. The van der Waals surface area contributed by atoms with Crippen molar-refractivity contribution >= 4 is 6.09 Å². The number of rotatable bonds is 3. The van der Waals surface area contributed by atoms with Gasteiger partial charge in [-0.1, -0.05) is 19.1 Å². The Bertz CT molecular complexity index is 633. The van der Waals surface area contributed by atoms with Crippen LogP contribution >= 0.6 is 0 Å². The molecule has 1 spiro atoms. The van der Waals surface area contributed by atoms with Crippen LogP contribution in [0.15, 0.2) is 12.2 Å². The van der Waals surface area contributed by atoms with Crippen molar-refractivity contribution in [1.82, 2.24) is 4.90 Å². The number of likely N-dealkylation sites (tertiary alicyclic amines) is 1. The van der Waals surface area contributed by atoms with Gasteiger partial charge in [0.15, 0.2) is 5.79 Å². The van der Waals surface area contributed by atoms with Crippen LogP contribution in [0.25, 0.3) is 0 Å². The molecule has 28 heavy (non-hydrogen) atoms. The molecule has 0 bridgehead atoms. The SMILES string of the molecule is CC/C=C/[C@@H]1[C@H]2O[C@](C)(OC)C(C)(C)O[C@@H]2CN(C(=O)OC(C)(C)C)C12CC2. The number of carbonyl (C=O) groups excluding carboxylic acids is 1. The number of hydrogen-bond acceptors (Lipinski definition) is 5. The molecule has 1 aliphatic carbocycles. The molecule has 0 aromatic rings. The number of amides is 1. The van der Waals surface area contributed by atoms with Crippen molar-refractivity contribution in [3.63, 3.8) is 0 Å². The number of allylic oxidation sites excluding steroid dienone is 1. The summed E-state index contributed by atoms with van der Waals surface area (Å²) >= 11 is 0. The molecule has 2 aliphatic heterocycles. The fourth-order valence-corrected chi connectivity index (χ4v) is 4.49. The molecule has 0 N–H and O–H groups in total. The zero-order chi connectivity index (χ0) is 21.0. The zero-order valence-electron chi connectivity index (χ0n) is 18.7. The smallest absolute Gasteiger partial charge is 0.410 e. The standard InChI is InChI=1S/C22H37NO5/c1-9-10-11-15-17-16(26-20(5,6)21(7,25-8)27-17)14-23(22(15)12-13-22)18(24)28-19(2,3)4/h10-11,15-17H,9,12-14H2,1-8H3/b11-10+/t15-,16-,17-,21+/m1/s1. The lowest BCUT2D eigenvalue weighted by Crippen LogP contribution is -2.71. The lowest BCUT2D eigenvalue weighted by Gasteiger charge is -2.58. The van der Waals surface area contributed by atoms with Gasteiger partial charge in [-0.05, 0) is 60.8 Å². The van der Waals surface area contributed by atoms with Gasteiger partial charge in [0, 0.05) is 13.0 Å². The van der Waals surface area contributed by atoms with E-state index in [9.17, 15) is 4.79 Å². The van der Waals surface area contributed by atoms with E-state index in [0.717, 1.165) is 19.3 Å². The van der Waals surface area contributed by atoms with Crippen LogP contribution in [0.4, 0.5) is 4.79 Å². The van der Waals surface area contributed by atoms with Crippen molar-refractivity contribution < 1.29 is 23.7 Å². The van der Waals surface area contributed by atoms with Gasteiger partial charge >= 0.3 is 6.09 Å². The van der Waals surface area contributed by atoms with Crippen molar-refractivity contribution in [1.29, 1.82) is 0 Å². The van der Waals surface area contributed by atoms with Crippen LogP contribution in [0.5, 0.6) is 0 Å². The second-order valence-electron chi connectivity index (χ2n) is 9.96. The molecular formula is C22H37NO5. The van der Waals surface area contributed by atoms with Crippen LogP contribution in [-0.2, 0) is 18.9 Å². The normalized spacial score (nSPS) is 36.4. The molecule has 6 heteroatoms. The Morgan fingerprint density at radius 3 is 2.36 bits per heavy atom. The molecule has 0 aromatic heterocycles. The molecule has 0 aromatic carbocycles. The van der Waals surface area contributed by atoms with Gasteiger partial charge < -0.3 is 18.9 Å². The summed E-state index contributed by atoms with van der Waals surface area (Å²) < 4.78 is 24.6. The van der Waals surface area contributed by atoms with E-state index in [-0.39, 0.29) is 29.8 Å². The van der Waals surface area contributed by atoms with Crippen LogP contribution in [0.2, 0.25) is 0 Å². The van der Waals surface area contributed by atoms with E-state index in [1.807, 2.05) is 46.4 Å². The average molecular weight is 396 g/mol. The first-order valence-corrected chi connectivity index (χ1v) is 10.5. The van der Waals surface area contributed by atoms with Crippen LogP contribution in [-0.4, -0.2) is 59.4 Å². The van der Waals surface area contributed by atoms with Crippen molar-refractivity contribution in [3.8, 4) is 0 Å². The minimum atomic E-state index is -0.851. The third-order valence-electron chi connectivity index (χ3n) is 6.49. The van der Waals surface area contributed by atoms with E-state index in [4.69, 9.17) is 18.9 Å². The minimum absolute atomic E-state index is 0.0456. The number of fused-ring (bicyclic) bond motifs is 1. The maximum Gasteiger partial charge on any atom is 0.410 e. The minimum Gasteiger partial charge on any atom is -0.444 e. The van der Waals surface area contributed by atoms with E-state index < -0.39 is 17.0 Å². The molecule has 1 saturated carbocycles. The summed E-state index contributed by atoms with van der Waals surface area (Å²) in [5.74, 6) is -0.805. The Balaban J connectivity index is 1.96. The molecule has 0 radical (unpaired) electrons. The molecule has 0 unspecified atom stereocenters. The maximum absolute atomic E-state index is 13.1. The van der Waals surface area contributed by atoms with Crippen LogP contribution in [0, 0.1) is 5.92 Å². The Morgan fingerprint density at radius 1 is 1.21 bits per heavy atom. The van der Waals surface area contributed by atoms with E-state index in [1.165, 1.54) is 0 Å². The second-order valence-corrected chi connectivity index (χ2v) is 9.96. The van der Waals surface area contributed by atoms with E-state index in [0.29, 0.717) is 6.54 Å². The van der Waals surface area contributed by atoms with Gasteiger partial charge in [-0.15, -0.1) is 0 Å². The monoisotopic (exact) mass is 395 g/mol. The number of ether oxygens (including phenoxy) is 4. The molecule has 2 heterocycles. The van der Waals surface area contributed by atoms with Crippen molar-refractivity contribution in [2.24, 2.45) is 5.92 Å². The highest BCUT2D eigenvalue weighted by molar-refractivity contribution is 5.70. The summed E-state index contributed by atoms with van der Waals surface area (Å²) in [5.41, 5.74) is -1.43. The highest BCUT2D eigenvalue weighted by Crippen LogP contribution is 2.56. The molecule has 3 aliphatic rings. The third kappa shape index (κ3) is 3.59. The lowest BCUT2D eigenvalue weighted by molar-refractivity contribution is -0.394. The first-order valence-electron chi connectivity index (χ1n) is 10.5. The zero-order valence-corrected chi connectivity index (χ0v) is 18.7. The Labute approximate surface area is 169 Å². The number of nitrogens with zero attached hydrogens (tertiary/aromatic N) is 1. The maximum atomic E-state index is 13.1. The van der Waals surface area contributed by atoms with Crippen molar-refractivity contribution in [3.05, 3.63) is 12.2 Å². The first-order chi connectivity index (χ1) is 12.9. The first kappa shape index (κ1) is 21.6. The number of hydrogen-bond donors (Lipinski definition) is 0. The second kappa shape index (κ2) is 6.99. The number of methoxy groups -OCH3 is 1. The molecule has 160 valence electrons. The van der Waals surface area contributed by atoms with Gasteiger partial charge in [0.25, 0.3) is 0 Å². The molecular weight excluding hydrogens is 358 g/mol. The summed E-state index contributed by atoms with van der Waals surface area (Å²) in [6.45, 7) is 14.2. The highest BCUT2D eigenvalue weighted by Gasteiger charge is 2.66. The number of carbonyl (C=O) groups is 1. The quantitative estimate of drug-likeness (QED) is 0.668. The van der Waals surface area contributed by atoms with E-state index in [2.05, 4.69) is 19.1 Å². The van der Waals surface area contributed by atoms with Crippen LogP contribution in [0.1, 0.15) is 67.7 Å². The van der Waals surface area contributed by atoms with Crippen LogP contribution in [0.3, 0.4) is 0 Å². The van der Waals surface area contributed by atoms with Crippen LogP contribution < -0.4 is 0 Å². The Morgan fingerprint density at radius 2 is 1.86 bits per heavy atom. The van der Waals surface area contributed by atoms with Gasteiger partial charge in [-0.25, -0.2) is 4.79 Å². The van der Waals surface area contributed by atoms with Gasteiger partial charge in [0.2, 0.25) is 0 Å². The molecule has 3 fully saturated rings. The molecule has 1 amide bonds. The van der Waals surface area contributed by atoms with Crippen molar-refractivity contribution in [2.45, 2.75) is 102 Å². The fourth-order valence-electron chi connectivity index (χ4n) is 4.49. The highest BCUT2D eigenvalue weighted by atomic mass is 16.7. The average Bonchev–Trinajstić information content (AvgIpc) is 3.35. The lowest BCUT2D eigenvalue weighted by atomic mass is 9.80. The predicted octanol–water partition coefficient (Wildman–Crippen LogP) is 4.28. The molecule has 2 saturated heterocycles. The van der Waals surface area contributed by atoms with Gasteiger partial charge in [-0.3, -0.25) is 4.90 Å².